The summed E-state index contributed by atoms with van der Waals surface area (Å²) in [5, 5.41) is 3.52. The van der Waals surface area contributed by atoms with Gasteiger partial charge in [-0.2, -0.15) is 0 Å². The minimum atomic E-state index is 0.310. The van der Waals surface area contributed by atoms with Crippen LogP contribution in [0, 0.1) is 0 Å². The molecule has 0 bridgehead atoms. The Kier molecular flexibility index (Phi) is 5.26. The molecule has 134 valence electrons. The molecule has 25 heavy (non-hydrogen) atoms. The van der Waals surface area contributed by atoms with Crippen molar-refractivity contribution in [1.29, 1.82) is 0 Å². The highest BCUT2D eigenvalue weighted by Crippen LogP contribution is 2.29. The van der Waals surface area contributed by atoms with Crippen LogP contribution in [0.3, 0.4) is 0 Å². The summed E-state index contributed by atoms with van der Waals surface area (Å²) >= 11 is 0. The Labute approximate surface area is 151 Å². The number of benzene rings is 1. The molecule has 0 radical (unpaired) electrons. The third-order valence-electron chi connectivity index (χ3n) is 5.05. The third kappa shape index (κ3) is 3.94. The molecule has 2 aromatic rings. The molecule has 4 heteroatoms. The molecular formula is C21H30N4. The van der Waals surface area contributed by atoms with Crippen LogP contribution in [0.1, 0.15) is 63.9 Å². The van der Waals surface area contributed by atoms with E-state index in [0.717, 1.165) is 36.8 Å². The van der Waals surface area contributed by atoms with E-state index in [0.29, 0.717) is 18.0 Å². The number of hydrogen-bond acceptors (Lipinski definition) is 4. The van der Waals surface area contributed by atoms with E-state index in [2.05, 4.69) is 75.2 Å². The SMILES string of the molecule is CC[C@H](C)Nc1cc(N2Cc3ccccc3C[C@H]2C)nc(C(C)C)n1. The molecule has 1 aromatic heterocycles. The molecule has 2 heterocycles. The lowest BCUT2D eigenvalue weighted by atomic mass is 9.95. The van der Waals surface area contributed by atoms with Gasteiger partial charge in [-0.25, -0.2) is 9.97 Å². The molecule has 2 atom stereocenters. The zero-order chi connectivity index (χ0) is 18.0. The molecule has 0 fully saturated rings. The molecule has 0 saturated carbocycles. The number of nitrogens with one attached hydrogen (secondary N) is 1. The van der Waals surface area contributed by atoms with Gasteiger partial charge in [-0.15, -0.1) is 0 Å². The van der Waals surface area contributed by atoms with Gasteiger partial charge in [0.25, 0.3) is 0 Å². The van der Waals surface area contributed by atoms with Crippen LogP contribution in [0.4, 0.5) is 11.6 Å². The molecule has 0 amide bonds. The van der Waals surface area contributed by atoms with Crippen molar-refractivity contribution in [3.05, 3.63) is 47.3 Å². The molecule has 1 N–H and O–H groups in total. The summed E-state index contributed by atoms with van der Waals surface area (Å²) in [5.74, 6) is 3.19. The quantitative estimate of drug-likeness (QED) is 0.853. The second kappa shape index (κ2) is 7.42. The topological polar surface area (TPSA) is 41.0 Å². The van der Waals surface area contributed by atoms with Crippen molar-refractivity contribution in [1.82, 2.24) is 9.97 Å². The van der Waals surface area contributed by atoms with Crippen molar-refractivity contribution in [3.8, 4) is 0 Å². The Morgan fingerprint density at radius 3 is 2.56 bits per heavy atom. The standard InChI is InChI=1S/C21H30N4/c1-6-15(4)22-19-12-20(24-21(23-19)14(2)3)25-13-18-10-8-7-9-17(18)11-16(25)5/h7-10,12,14-16H,6,11,13H2,1-5H3,(H,22,23,24)/t15-,16+/m0/s1. The first-order valence-corrected chi connectivity index (χ1v) is 9.46. The van der Waals surface area contributed by atoms with E-state index >= 15 is 0 Å². The lowest BCUT2D eigenvalue weighted by molar-refractivity contribution is 0.583. The fraction of sp³-hybridized carbons (Fsp3) is 0.524. The van der Waals surface area contributed by atoms with Crippen LogP contribution in [0.15, 0.2) is 30.3 Å². The summed E-state index contributed by atoms with van der Waals surface area (Å²) in [7, 11) is 0. The first-order valence-electron chi connectivity index (χ1n) is 9.46. The van der Waals surface area contributed by atoms with E-state index < -0.39 is 0 Å². The van der Waals surface area contributed by atoms with Crippen molar-refractivity contribution >= 4 is 11.6 Å². The number of aromatic nitrogens is 2. The van der Waals surface area contributed by atoms with Gasteiger partial charge in [-0.05, 0) is 37.8 Å². The first-order chi connectivity index (χ1) is 12.0. The van der Waals surface area contributed by atoms with Crippen LogP contribution in [-0.2, 0) is 13.0 Å². The van der Waals surface area contributed by atoms with E-state index in [4.69, 9.17) is 9.97 Å². The number of nitrogens with zero attached hydrogens (tertiary/aromatic N) is 3. The second-order valence-electron chi connectivity index (χ2n) is 7.53. The number of fused-ring (bicyclic) bond motifs is 1. The molecule has 1 aliphatic heterocycles. The monoisotopic (exact) mass is 338 g/mol. The summed E-state index contributed by atoms with van der Waals surface area (Å²) in [6.07, 6.45) is 2.13. The van der Waals surface area contributed by atoms with Gasteiger partial charge >= 0.3 is 0 Å². The van der Waals surface area contributed by atoms with Gasteiger partial charge in [-0.1, -0.05) is 45.0 Å². The summed E-state index contributed by atoms with van der Waals surface area (Å²) in [6, 6.07) is 11.7. The minimum absolute atomic E-state index is 0.310. The van der Waals surface area contributed by atoms with Crippen molar-refractivity contribution in [3.63, 3.8) is 0 Å². The molecule has 0 saturated heterocycles. The van der Waals surface area contributed by atoms with Crippen LogP contribution < -0.4 is 10.2 Å². The molecule has 3 rings (SSSR count). The molecule has 0 aliphatic carbocycles. The first kappa shape index (κ1) is 17.7. The smallest absolute Gasteiger partial charge is 0.135 e. The van der Waals surface area contributed by atoms with Gasteiger partial charge in [0, 0.05) is 30.6 Å². The average molecular weight is 338 g/mol. The van der Waals surface area contributed by atoms with Gasteiger partial charge in [0.15, 0.2) is 0 Å². The summed E-state index contributed by atoms with van der Waals surface area (Å²) in [6.45, 7) is 11.9. The molecule has 1 aromatic carbocycles. The normalized spacial score (nSPS) is 18.2. The highest BCUT2D eigenvalue weighted by atomic mass is 15.2. The van der Waals surface area contributed by atoms with Gasteiger partial charge in [-0.3, -0.25) is 0 Å². The second-order valence-corrected chi connectivity index (χ2v) is 7.53. The number of hydrogen-bond donors (Lipinski definition) is 1. The predicted molar refractivity (Wildman–Crippen MR) is 105 cm³/mol. The van der Waals surface area contributed by atoms with Crippen molar-refractivity contribution in [2.45, 2.75) is 72.0 Å². The maximum Gasteiger partial charge on any atom is 0.135 e. The molecule has 1 aliphatic rings. The Hall–Kier alpha value is -2.10. The number of anilines is 2. The van der Waals surface area contributed by atoms with E-state index in [1.54, 1.807) is 0 Å². The van der Waals surface area contributed by atoms with Gasteiger partial charge in [0.2, 0.25) is 0 Å². The molecule has 0 spiro atoms. The molecular weight excluding hydrogens is 308 g/mol. The van der Waals surface area contributed by atoms with Crippen LogP contribution >= 0.6 is 0 Å². The maximum absolute atomic E-state index is 4.89. The van der Waals surface area contributed by atoms with E-state index in [9.17, 15) is 0 Å². The largest absolute Gasteiger partial charge is 0.367 e. The Morgan fingerprint density at radius 2 is 1.88 bits per heavy atom. The van der Waals surface area contributed by atoms with Gasteiger partial charge < -0.3 is 10.2 Å². The zero-order valence-electron chi connectivity index (χ0n) is 16.1. The van der Waals surface area contributed by atoms with Crippen molar-refractivity contribution < 1.29 is 0 Å². The zero-order valence-corrected chi connectivity index (χ0v) is 16.1. The fourth-order valence-electron chi connectivity index (χ4n) is 3.27. The van der Waals surface area contributed by atoms with Gasteiger partial charge in [0.05, 0.1) is 0 Å². The summed E-state index contributed by atoms with van der Waals surface area (Å²) in [4.78, 5) is 12.0. The predicted octanol–water partition coefficient (Wildman–Crippen LogP) is 4.76. The van der Waals surface area contributed by atoms with E-state index in [-0.39, 0.29) is 0 Å². The highest BCUT2D eigenvalue weighted by molar-refractivity contribution is 5.53. The Morgan fingerprint density at radius 1 is 1.16 bits per heavy atom. The Balaban J connectivity index is 1.95. The van der Waals surface area contributed by atoms with Crippen LogP contribution in [-0.4, -0.2) is 22.1 Å². The molecule has 0 unspecified atom stereocenters. The lowest BCUT2D eigenvalue weighted by Crippen LogP contribution is -2.39. The van der Waals surface area contributed by atoms with Gasteiger partial charge in [0.1, 0.15) is 17.5 Å². The minimum Gasteiger partial charge on any atom is -0.367 e. The highest BCUT2D eigenvalue weighted by Gasteiger charge is 2.25. The molecule has 4 nitrogen and oxygen atoms in total. The van der Waals surface area contributed by atoms with Crippen LogP contribution in [0.5, 0.6) is 0 Å². The number of rotatable bonds is 5. The van der Waals surface area contributed by atoms with Crippen molar-refractivity contribution in [2.24, 2.45) is 0 Å². The summed E-state index contributed by atoms with van der Waals surface area (Å²) in [5.41, 5.74) is 2.86. The lowest BCUT2D eigenvalue weighted by Gasteiger charge is -2.36. The van der Waals surface area contributed by atoms with Crippen molar-refractivity contribution in [2.75, 3.05) is 10.2 Å². The van der Waals surface area contributed by atoms with Crippen LogP contribution in [0.25, 0.3) is 0 Å². The average Bonchev–Trinajstić information content (AvgIpc) is 2.60. The Bertz CT molecular complexity index is 726. The van der Waals surface area contributed by atoms with E-state index in [1.807, 2.05) is 0 Å². The van der Waals surface area contributed by atoms with Crippen LogP contribution in [0.2, 0.25) is 0 Å². The summed E-state index contributed by atoms with van der Waals surface area (Å²) < 4.78 is 0. The van der Waals surface area contributed by atoms with E-state index in [1.165, 1.54) is 11.1 Å². The fourth-order valence-corrected chi connectivity index (χ4v) is 3.27. The third-order valence-corrected chi connectivity index (χ3v) is 5.05. The maximum atomic E-state index is 4.89.